The molecular weight excluding hydrogens is 360 g/mol. The van der Waals surface area contributed by atoms with Crippen LogP contribution < -0.4 is 24.8 Å². The molecule has 28 heavy (non-hydrogen) atoms. The number of hydrogen-bond acceptors (Lipinski definition) is 5. The van der Waals surface area contributed by atoms with Crippen molar-refractivity contribution in [2.45, 2.75) is 45.1 Å². The molecule has 0 atom stereocenters. The summed E-state index contributed by atoms with van der Waals surface area (Å²) in [6.45, 7) is 1.87. The third kappa shape index (κ3) is 4.16. The Labute approximate surface area is 164 Å². The standard InChI is InChI=1S/C20H28N4O4/c1-12-17(22-20(25)21-14-8-6-5-7-9-14)18(24-23-12)13-10-15(26-2)19(28-4)16(11-13)27-3/h10-11,14H,5-9H2,1-4H3,(H,23,24)(H2,21,22,25). The van der Waals surface area contributed by atoms with Crippen molar-refractivity contribution < 1.29 is 19.0 Å². The SMILES string of the molecule is COc1cc(-c2n[nH]c(C)c2NC(=O)NC2CCCCC2)cc(OC)c1OC. The van der Waals surface area contributed by atoms with Crippen LogP contribution in [-0.4, -0.2) is 43.6 Å². The maximum atomic E-state index is 12.5. The fraction of sp³-hybridized carbons (Fsp3) is 0.500. The highest BCUT2D eigenvalue weighted by Crippen LogP contribution is 2.42. The molecule has 0 unspecified atom stereocenters. The number of nitrogens with one attached hydrogen (secondary N) is 3. The molecule has 2 aromatic rings. The molecule has 0 saturated heterocycles. The number of aromatic amines is 1. The van der Waals surface area contributed by atoms with Crippen LogP contribution in [0.4, 0.5) is 10.5 Å². The first-order chi connectivity index (χ1) is 13.6. The molecule has 8 heteroatoms. The molecule has 0 radical (unpaired) electrons. The van der Waals surface area contributed by atoms with Gasteiger partial charge in [-0.2, -0.15) is 5.10 Å². The molecule has 3 rings (SSSR count). The quantitative estimate of drug-likeness (QED) is 0.698. The van der Waals surface area contributed by atoms with E-state index in [0.29, 0.717) is 28.6 Å². The Kier molecular flexibility index (Phi) is 6.28. The smallest absolute Gasteiger partial charge is 0.319 e. The second-order valence-electron chi connectivity index (χ2n) is 6.92. The Morgan fingerprint density at radius 2 is 1.71 bits per heavy atom. The van der Waals surface area contributed by atoms with E-state index < -0.39 is 0 Å². The van der Waals surface area contributed by atoms with Gasteiger partial charge in [0.1, 0.15) is 5.69 Å². The maximum Gasteiger partial charge on any atom is 0.319 e. The van der Waals surface area contributed by atoms with Gasteiger partial charge in [-0.05, 0) is 31.9 Å². The lowest BCUT2D eigenvalue weighted by Gasteiger charge is -2.23. The van der Waals surface area contributed by atoms with E-state index in [1.165, 1.54) is 6.42 Å². The number of ether oxygens (including phenoxy) is 3. The first-order valence-electron chi connectivity index (χ1n) is 9.50. The Bertz CT molecular complexity index is 803. The van der Waals surface area contributed by atoms with Crippen molar-refractivity contribution in [3.63, 3.8) is 0 Å². The summed E-state index contributed by atoms with van der Waals surface area (Å²) in [6, 6.07) is 3.62. The second-order valence-corrected chi connectivity index (χ2v) is 6.92. The van der Waals surface area contributed by atoms with E-state index in [1.807, 2.05) is 6.92 Å². The number of anilines is 1. The van der Waals surface area contributed by atoms with Gasteiger partial charge in [0.2, 0.25) is 5.75 Å². The molecule has 1 heterocycles. The summed E-state index contributed by atoms with van der Waals surface area (Å²) in [7, 11) is 4.68. The zero-order valence-corrected chi connectivity index (χ0v) is 16.8. The molecule has 152 valence electrons. The molecule has 1 aromatic carbocycles. The minimum atomic E-state index is -0.218. The number of methoxy groups -OCH3 is 3. The summed E-state index contributed by atoms with van der Waals surface area (Å²) in [5.41, 5.74) is 2.74. The Morgan fingerprint density at radius 1 is 1.07 bits per heavy atom. The highest BCUT2D eigenvalue weighted by atomic mass is 16.5. The predicted molar refractivity (Wildman–Crippen MR) is 107 cm³/mol. The third-order valence-corrected chi connectivity index (χ3v) is 5.06. The fourth-order valence-corrected chi connectivity index (χ4v) is 3.59. The van der Waals surface area contributed by atoms with E-state index in [4.69, 9.17) is 14.2 Å². The number of H-pyrrole nitrogens is 1. The summed E-state index contributed by atoms with van der Waals surface area (Å²) in [5.74, 6) is 1.55. The van der Waals surface area contributed by atoms with Crippen LogP contribution in [0.3, 0.4) is 0 Å². The van der Waals surface area contributed by atoms with Gasteiger partial charge in [-0.3, -0.25) is 5.10 Å². The molecule has 1 fully saturated rings. The van der Waals surface area contributed by atoms with E-state index in [1.54, 1.807) is 33.5 Å². The van der Waals surface area contributed by atoms with E-state index in [2.05, 4.69) is 20.8 Å². The Hall–Kier alpha value is -2.90. The molecule has 3 N–H and O–H groups in total. The lowest BCUT2D eigenvalue weighted by atomic mass is 9.96. The number of hydrogen-bond donors (Lipinski definition) is 3. The second kappa shape index (κ2) is 8.86. The third-order valence-electron chi connectivity index (χ3n) is 5.06. The van der Waals surface area contributed by atoms with Crippen LogP contribution in [0.1, 0.15) is 37.8 Å². The van der Waals surface area contributed by atoms with Crippen molar-refractivity contribution in [1.29, 1.82) is 0 Å². The minimum Gasteiger partial charge on any atom is -0.493 e. The van der Waals surface area contributed by atoms with Crippen LogP contribution >= 0.6 is 0 Å². The van der Waals surface area contributed by atoms with Gasteiger partial charge in [-0.25, -0.2) is 4.79 Å². The van der Waals surface area contributed by atoms with Gasteiger partial charge in [0.25, 0.3) is 0 Å². The molecule has 1 aliphatic carbocycles. The summed E-state index contributed by atoms with van der Waals surface area (Å²) >= 11 is 0. The van der Waals surface area contributed by atoms with Gasteiger partial charge in [0, 0.05) is 11.6 Å². The molecule has 1 aromatic heterocycles. The summed E-state index contributed by atoms with van der Waals surface area (Å²) in [5, 5.41) is 13.3. The van der Waals surface area contributed by atoms with Crippen molar-refractivity contribution in [2.75, 3.05) is 26.6 Å². The molecular formula is C20H28N4O4. The monoisotopic (exact) mass is 388 g/mol. The van der Waals surface area contributed by atoms with Crippen LogP contribution in [0.15, 0.2) is 12.1 Å². The number of rotatable bonds is 6. The largest absolute Gasteiger partial charge is 0.493 e. The average Bonchev–Trinajstić information content (AvgIpc) is 3.07. The van der Waals surface area contributed by atoms with E-state index in [-0.39, 0.29) is 12.1 Å². The van der Waals surface area contributed by atoms with Crippen molar-refractivity contribution in [2.24, 2.45) is 0 Å². The summed E-state index contributed by atoms with van der Waals surface area (Å²) in [4.78, 5) is 12.5. The first-order valence-corrected chi connectivity index (χ1v) is 9.50. The zero-order valence-electron chi connectivity index (χ0n) is 16.8. The molecule has 0 spiro atoms. The molecule has 1 aliphatic rings. The Morgan fingerprint density at radius 3 is 2.29 bits per heavy atom. The number of nitrogens with zero attached hydrogens (tertiary/aromatic N) is 1. The van der Waals surface area contributed by atoms with Crippen LogP contribution in [-0.2, 0) is 0 Å². The number of benzene rings is 1. The number of urea groups is 1. The maximum absolute atomic E-state index is 12.5. The van der Waals surface area contributed by atoms with E-state index in [9.17, 15) is 4.79 Å². The molecule has 0 bridgehead atoms. The van der Waals surface area contributed by atoms with Gasteiger partial charge < -0.3 is 24.8 Å². The molecule has 2 amide bonds. The number of carbonyl (C=O) groups excluding carboxylic acids is 1. The topological polar surface area (TPSA) is 97.5 Å². The van der Waals surface area contributed by atoms with Crippen molar-refractivity contribution in [1.82, 2.24) is 15.5 Å². The van der Waals surface area contributed by atoms with Gasteiger partial charge in [0.15, 0.2) is 11.5 Å². The van der Waals surface area contributed by atoms with Gasteiger partial charge in [-0.1, -0.05) is 19.3 Å². The minimum absolute atomic E-state index is 0.218. The van der Waals surface area contributed by atoms with Crippen molar-refractivity contribution in [3.8, 4) is 28.5 Å². The van der Waals surface area contributed by atoms with Crippen LogP contribution in [0.2, 0.25) is 0 Å². The lowest BCUT2D eigenvalue weighted by molar-refractivity contribution is 0.244. The van der Waals surface area contributed by atoms with Gasteiger partial charge in [-0.15, -0.1) is 0 Å². The predicted octanol–water partition coefficient (Wildman–Crippen LogP) is 3.87. The van der Waals surface area contributed by atoms with E-state index >= 15 is 0 Å². The number of aryl methyl sites for hydroxylation is 1. The van der Waals surface area contributed by atoms with Gasteiger partial charge in [0.05, 0.1) is 32.7 Å². The summed E-state index contributed by atoms with van der Waals surface area (Å²) in [6.07, 6.45) is 5.61. The lowest BCUT2D eigenvalue weighted by Crippen LogP contribution is -2.39. The van der Waals surface area contributed by atoms with Crippen molar-refractivity contribution in [3.05, 3.63) is 17.8 Å². The highest BCUT2D eigenvalue weighted by molar-refractivity contribution is 5.95. The molecule has 0 aliphatic heterocycles. The summed E-state index contributed by atoms with van der Waals surface area (Å²) < 4.78 is 16.2. The van der Waals surface area contributed by atoms with Crippen LogP contribution in [0.25, 0.3) is 11.3 Å². The van der Waals surface area contributed by atoms with Crippen LogP contribution in [0, 0.1) is 6.92 Å². The van der Waals surface area contributed by atoms with Crippen molar-refractivity contribution >= 4 is 11.7 Å². The fourth-order valence-electron chi connectivity index (χ4n) is 3.59. The number of amides is 2. The highest BCUT2D eigenvalue weighted by Gasteiger charge is 2.21. The zero-order chi connectivity index (χ0) is 20.1. The first kappa shape index (κ1) is 19.9. The number of carbonyl (C=O) groups is 1. The molecule has 1 saturated carbocycles. The normalized spacial score (nSPS) is 14.4. The average molecular weight is 388 g/mol. The Balaban J connectivity index is 1.87. The molecule has 8 nitrogen and oxygen atoms in total. The van der Waals surface area contributed by atoms with Gasteiger partial charge >= 0.3 is 6.03 Å². The van der Waals surface area contributed by atoms with Crippen LogP contribution in [0.5, 0.6) is 17.2 Å². The van der Waals surface area contributed by atoms with E-state index in [0.717, 1.165) is 36.9 Å². The number of aromatic nitrogens is 2.